The third-order valence-corrected chi connectivity index (χ3v) is 6.10. The van der Waals surface area contributed by atoms with E-state index in [1.54, 1.807) is 19.1 Å². The van der Waals surface area contributed by atoms with Gasteiger partial charge in [-0.1, -0.05) is 26.0 Å². The molecule has 158 valence electrons. The average Bonchev–Trinajstić information content (AvgIpc) is 3.35. The van der Waals surface area contributed by atoms with Gasteiger partial charge in [0.15, 0.2) is 0 Å². The van der Waals surface area contributed by atoms with Gasteiger partial charge < -0.3 is 9.88 Å². The third kappa shape index (κ3) is 4.72. The second-order valence-electron chi connectivity index (χ2n) is 7.66. The second kappa shape index (κ2) is 8.81. The summed E-state index contributed by atoms with van der Waals surface area (Å²) in [5.74, 6) is 0.864. The number of benzene rings is 2. The summed E-state index contributed by atoms with van der Waals surface area (Å²) in [5, 5.41) is 3.67. The van der Waals surface area contributed by atoms with E-state index in [0.717, 1.165) is 22.6 Å². The predicted octanol–water partition coefficient (Wildman–Crippen LogP) is 5.88. The van der Waals surface area contributed by atoms with Crippen molar-refractivity contribution in [2.24, 2.45) is 0 Å². The fourth-order valence-corrected chi connectivity index (χ4v) is 4.38. The smallest absolute Gasteiger partial charge is 0.267 e. The van der Waals surface area contributed by atoms with Crippen LogP contribution < -0.4 is 5.32 Å². The monoisotopic (exact) mass is 434 g/mol. The molecule has 0 saturated carbocycles. The topological polar surface area (TPSA) is 59.8 Å². The second-order valence-corrected chi connectivity index (χ2v) is 8.66. The molecule has 7 heteroatoms. The normalized spacial score (nSPS) is 11.1. The van der Waals surface area contributed by atoms with Crippen molar-refractivity contribution in [2.75, 3.05) is 5.32 Å². The van der Waals surface area contributed by atoms with Crippen LogP contribution in [-0.4, -0.2) is 20.4 Å². The fraction of sp³-hybridized carbons (Fsp3) is 0.208. The molecule has 0 unspecified atom stereocenters. The molecule has 5 nitrogen and oxygen atoms in total. The first-order chi connectivity index (χ1) is 14.9. The maximum Gasteiger partial charge on any atom is 0.267 e. The van der Waals surface area contributed by atoms with Crippen molar-refractivity contribution in [3.8, 4) is 10.6 Å². The molecule has 2 heterocycles. The molecule has 0 bridgehead atoms. The average molecular weight is 435 g/mol. The molecule has 0 fully saturated rings. The zero-order chi connectivity index (χ0) is 22.0. The van der Waals surface area contributed by atoms with Gasteiger partial charge in [0.25, 0.3) is 5.91 Å². The van der Waals surface area contributed by atoms with E-state index in [0.29, 0.717) is 28.0 Å². The molecule has 2 aromatic heterocycles. The summed E-state index contributed by atoms with van der Waals surface area (Å²) >= 11 is 1.30. The summed E-state index contributed by atoms with van der Waals surface area (Å²) in [6.07, 6.45) is 3.78. The lowest BCUT2D eigenvalue weighted by molar-refractivity contribution is 0.103. The van der Waals surface area contributed by atoms with E-state index in [1.807, 2.05) is 36.7 Å². The van der Waals surface area contributed by atoms with Crippen LogP contribution >= 0.6 is 11.3 Å². The fourth-order valence-electron chi connectivity index (χ4n) is 3.41. The summed E-state index contributed by atoms with van der Waals surface area (Å²) in [4.78, 5) is 22.4. The Bertz CT molecular complexity index is 1210. The van der Waals surface area contributed by atoms with Crippen LogP contribution in [0.25, 0.3) is 10.6 Å². The Hall–Kier alpha value is -3.32. The summed E-state index contributed by atoms with van der Waals surface area (Å²) in [7, 11) is 0. The third-order valence-electron chi connectivity index (χ3n) is 4.90. The molecular formula is C24H23FN4OS. The highest BCUT2D eigenvalue weighted by Crippen LogP contribution is 2.29. The number of aromatic nitrogens is 3. The van der Waals surface area contributed by atoms with E-state index >= 15 is 0 Å². The van der Waals surface area contributed by atoms with Gasteiger partial charge in [-0.3, -0.25) is 4.79 Å². The number of aryl methyl sites for hydroxylation is 1. The Kier molecular flexibility index (Phi) is 5.95. The molecule has 0 saturated heterocycles. The number of hydrogen-bond donors (Lipinski definition) is 1. The van der Waals surface area contributed by atoms with E-state index in [9.17, 15) is 9.18 Å². The van der Waals surface area contributed by atoms with E-state index in [-0.39, 0.29) is 11.7 Å². The molecular weight excluding hydrogens is 411 g/mol. The van der Waals surface area contributed by atoms with Gasteiger partial charge in [-0.2, -0.15) is 0 Å². The van der Waals surface area contributed by atoms with Gasteiger partial charge in [0.1, 0.15) is 21.5 Å². The van der Waals surface area contributed by atoms with Gasteiger partial charge in [-0.25, -0.2) is 14.4 Å². The van der Waals surface area contributed by atoms with Crippen molar-refractivity contribution in [1.29, 1.82) is 0 Å². The van der Waals surface area contributed by atoms with Crippen molar-refractivity contribution in [3.05, 3.63) is 88.7 Å². The van der Waals surface area contributed by atoms with E-state index in [2.05, 4.69) is 33.7 Å². The minimum atomic E-state index is -0.300. The maximum atomic E-state index is 13.2. The van der Waals surface area contributed by atoms with Gasteiger partial charge >= 0.3 is 0 Å². The minimum Gasteiger partial charge on any atom is -0.330 e. The Labute approximate surface area is 184 Å². The first-order valence-corrected chi connectivity index (χ1v) is 10.9. The number of halogens is 1. The number of rotatable bonds is 6. The van der Waals surface area contributed by atoms with Gasteiger partial charge in [-0.15, -0.1) is 11.3 Å². The highest BCUT2D eigenvalue weighted by Gasteiger charge is 2.17. The number of nitrogens with one attached hydrogen (secondary N) is 1. The number of thiazole rings is 1. The number of nitrogens with zero attached hydrogens (tertiary/aromatic N) is 3. The Morgan fingerprint density at radius 1 is 1.19 bits per heavy atom. The summed E-state index contributed by atoms with van der Waals surface area (Å²) in [5.41, 5.74) is 3.24. The van der Waals surface area contributed by atoms with Crippen molar-refractivity contribution < 1.29 is 9.18 Å². The Morgan fingerprint density at radius 2 is 1.97 bits per heavy atom. The van der Waals surface area contributed by atoms with Crippen LogP contribution in [-0.2, 0) is 6.54 Å². The molecule has 31 heavy (non-hydrogen) atoms. The van der Waals surface area contributed by atoms with Crippen LogP contribution in [0, 0.1) is 12.7 Å². The first-order valence-electron chi connectivity index (χ1n) is 10.1. The predicted molar refractivity (Wildman–Crippen MR) is 122 cm³/mol. The van der Waals surface area contributed by atoms with Gasteiger partial charge in [0.05, 0.1) is 5.69 Å². The Morgan fingerprint density at radius 3 is 2.71 bits per heavy atom. The first kappa shape index (κ1) is 20.9. The van der Waals surface area contributed by atoms with Crippen molar-refractivity contribution in [1.82, 2.24) is 14.5 Å². The lowest BCUT2D eigenvalue weighted by atomic mass is 10.1. The number of imidazole rings is 1. The van der Waals surface area contributed by atoms with Crippen LogP contribution in [0.1, 0.15) is 46.5 Å². The van der Waals surface area contributed by atoms with Crippen molar-refractivity contribution in [3.63, 3.8) is 0 Å². The van der Waals surface area contributed by atoms with Crippen LogP contribution in [0.5, 0.6) is 0 Å². The molecule has 1 N–H and O–H groups in total. The SMILES string of the molecule is Cc1nc(-c2ccc(F)cc2)sc1C(=O)Nc1cccc(Cn2ccnc2C(C)C)c1. The van der Waals surface area contributed by atoms with Gasteiger partial charge in [-0.05, 0) is 48.9 Å². The lowest BCUT2D eigenvalue weighted by Crippen LogP contribution is -2.12. The molecule has 0 spiro atoms. The number of carbonyl (C=O) groups is 1. The highest BCUT2D eigenvalue weighted by molar-refractivity contribution is 7.17. The molecule has 1 amide bonds. The number of anilines is 1. The minimum absolute atomic E-state index is 0.203. The molecule has 4 rings (SSSR count). The van der Waals surface area contributed by atoms with E-state index in [1.165, 1.54) is 23.5 Å². The molecule has 0 atom stereocenters. The van der Waals surface area contributed by atoms with Crippen LogP contribution in [0.15, 0.2) is 60.9 Å². The standard InChI is InChI=1S/C24H23FN4OS/c1-15(2)22-26-11-12-29(22)14-17-5-4-6-20(13-17)28-23(30)21-16(3)27-24(31-21)18-7-9-19(25)10-8-18/h4-13,15H,14H2,1-3H3,(H,28,30). The van der Waals surface area contributed by atoms with Crippen LogP contribution in [0.3, 0.4) is 0 Å². The van der Waals surface area contributed by atoms with Gasteiger partial charge in [0, 0.05) is 36.1 Å². The van der Waals surface area contributed by atoms with Crippen LogP contribution in [0.2, 0.25) is 0 Å². The molecule has 0 radical (unpaired) electrons. The van der Waals surface area contributed by atoms with E-state index in [4.69, 9.17) is 0 Å². The van der Waals surface area contributed by atoms with Crippen molar-refractivity contribution >= 4 is 22.9 Å². The molecule has 0 aliphatic carbocycles. The maximum absolute atomic E-state index is 13.2. The molecule has 2 aromatic carbocycles. The molecule has 4 aromatic rings. The van der Waals surface area contributed by atoms with Gasteiger partial charge in [0.2, 0.25) is 0 Å². The summed E-state index contributed by atoms with van der Waals surface area (Å²) in [6.45, 7) is 6.73. The van der Waals surface area contributed by atoms with Crippen molar-refractivity contribution in [2.45, 2.75) is 33.2 Å². The summed E-state index contributed by atoms with van der Waals surface area (Å²) < 4.78 is 15.3. The molecule has 0 aliphatic rings. The zero-order valence-corrected chi connectivity index (χ0v) is 18.4. The Balaban J connectivity index is 1.51. The number of amides is 1. The number of carbonyl (C=O) groups excluding carboxylic acids is 1. The number of hydrogen-bond acceptors (Lipinski definition) is 4. The lowest BCUT2D eigenvalue weighted by Gasteiger charge is -2.11. The molecule has 0 aliphatic heterocycles. The van der Waals surface area contributed by atoms with E-state index < -0.39 is 0 Å². The highest BCUT2D eigenvalue weighted by atomic mass is 32.1. The zero-order valence-electron chi connectivity index (χ0n) is 17.6. The van der Waals surface area contributed by atoms with Crippen LogP contribution in [0.4, 0.5) is 10.1 Å². The quantitative estimate of drug-likeness (QED) is 0.412. The summed E-state index contributed by atoms with van der Waals surface area (Å²) in [6, 6.07) is 13.9. The largest absolute Gasteiger partial charge is 0.330 e.